The fourth-order valence-corrected chi connectivity index (χ4v) is 2.77. The van der Waals surface area contributed by atoms with Crippen molar-refractivity contribution in [2.45, 2.75) is 51.7 Å². The predicted octanol–water partition coefficient (Wildman–Crippen LogP) is 3.54. The van der Waals surface area contributed by atoms with Crippen molar-refractivity contribution in [3.05, 3.63) is 22.8 Å². The van der Waals surface area contributed by atoms with Gasteiger partial charge in [-0.15, -0.1) is 0 Å². The lowest BCUT2D eigenvalue weighted by molar-refractivity contribution is 0.117. The summed E-state index contributed by atoms with van der Waals surface area (Å²) >= 11 is 6.15. The fourth-order valence-electron chi connectivity index (χ4n) is 2.54. The van der Waals surface area contributed by atoms with Crippen LogP contribution in [0.5, 0.6) is 5.88 Å². The Morgan fingerprint density at radius 1 is 1.50 bits per heavy atom. The number of pyridine rings is 1. The zero-order chi connectivity index (χ0) is 13.0. The maximum atomic E-state index is 6.15. The third-order valence-corrected chi connectivity index (χ3v) is 3.96. The van der Waals surface area contributed by atoms with Crippen molar-refractivity contribution in [1.82, 2.24) is 4.98 Å². The zero-order valence-electron chi connectivity index (χ0n) is 10.9. The normalized spacial score (nSPS) is 23.9. The van der Waals surface area contributed by atoms with Crippen molar-refractivity contribution < 1.29 is 4.74 Å². The van der Waals surface area contributed by atoms with Gasteiger partial charge in [0.15, 0.2) is 0 Å². The van der Waals surface area contributed by atoms with Crippen LogP contribution in [0.2, 0.25) is 5.02 Å². The molecular formula is C14H21ClN2O. The van der Waals surface area contributed by atoms with Crippen molar-refractivity contribution in [3.63, 3.8) is 0 Å². The highest BCUT2D eigenvalue weighted by atomic mass is 35.5. The van der Waals surface area contributed by atoms with E-state index in [9.17, 15) is 0 Å². The molecule has 2 atom stereocenters. The summed E-state index contributed by atoms with van der Waals surface area (Å²) in [4.78, 5) is 4.26. The molecule has 0 saturated heterocycles. The number of aromatic nitrogens is 1. The molecule has 1 heterocycles. The van der Waals surface area contributed by atoms with E-state index in [4.69, 9.17) is 22.1 Å². The van der Waals surface area contributed by atoms with Crippen molar-refractivity contribution >= 4 is 11.6 Å². The Hall–Kier alpha value is -0.800. The topological polar surface area (TPSA) is 48.1 Å². The Morgan fingerprint density at radius 2 is 2.33 bits per heavy atom. The molecule has 0 aromatic carbocycles. The average molecular weight is 269 g/mol. The number of ether oxygens (including phenoxy) is 1. The molecule has 0 spiro atoms. The highest BCUT2D eigenvalue weighted by molar-refractivity contribution is 6.31. The summed E-state index contributed by atoms with van der Waals surface area (Å²) in [5.41, 5.74) is 6.48. The Balaban J connectivity index is 2.00. The zero-order valence-corrected chi connectivity index (χ0v) is 11.6. The van der Waals surface area contributed by atoms with Crippen LogP contribution in [0.4, 0.5) is 0 Å². The molecular weight excluding hydrogens is 248 g/mol. The first-order valence-electron chi connectivity index (χ1n) is 6.74. The molecule has 0 aliphatic heterocycles. The quantitative estimate of drug-likeness (QED) is 0.909. The molecule has 1 aliphatic rings. The summed E-state index contributed by atoms with van der Waals surface area (Å²) in [6.07, 6.45) is 8.01. The lowest BCUT2D eigenvalue weighted by Gasteiger charge is -2.28. The van der Waals surface area contributed by atoms with Gasteiger partial charge in [0.05, 0.1) is 0 Å². The largest absolute Gasteiger partial charge is 0.473 e. The molecule has 3 nitrogen and oxygen atoms in total. The standard InChI is InChI=1S/C14H21ClN2O/c1-2-10-4-3-5-12(6-10)18-14-13(15)7-11(8-16)9-17-14/h7,9-10,12H,2-6,8,16H2,1H3. The smallest absolute Gasteiger partial charge is 0.232 e. The van der Waals surface area contributed by atoms with E-state index in [1.807, 2.05) is 6.07 Å². The number of rotatable bonds is 4. The van der Waals surface area contributed by atoms with Crippen molar-refractivity contribution in [2.75, 3.05) is 0 Å². The second-order valence-corrected chi connectivity index (χ2v) is 5.42. The van der Waals surface area contributed by atoms with Gasteiger partial charge in [0.2, 0.25) is 5.88 Å². The van der Waals surface area contributed by atoms with Gasteiger partial charge >= 0.3 is 0 Å². The number of nitrogens with two attached hydrogens (primary N) is 1. The summed E-state index contributed by atoms with van der Waals surface area (Å²) in [6, 6.07) is 1.84. The van der Waals surface area contributed by atoms with Gasteiger partial charge in [-0.05, 0) is 36.8 Å². The van der Waals surface area contributed by atoms with E-state index in [0.29, 0.717) is 17.4 Å². The SMILES string of the molecule is CCC1CCCC(Oc2ncc(CN)cc2Cl)C1. The Bertz CT molecular complexity index is 397. The minimum absolute atomic E-state index is 0.262. The lowest BCUT2D eigenvalue weighted by Crippen LogP contribution is -2.25. The molecule has 2 unspecified atom stereocenters. The van der Waals surface area contributed by atoms with Crippen LogP contribution in [-0.4, -0.2) is 11.1 Å². The van der Waals surface area contributed by atoms with Gasteiger partial charge in [-0.3, -0.25) is 0 Å². The van der Waals surface area contributed by atoms with Gasteiger partial charge in [-0.2, -0.15) is 0 Å². The molecule has 100 valence electrons. The van der Waals surface area contributed by atoms with E-state index in [-0.39, 0.29) is 6.10 Å². The van der Waals surface area contributed by atoms with Crippen LogP contribution in [0.1, 0.15) is 44.6 Å². The summed E-state index contributed by atoms with van der Waals surface area (Å²) in [7, 11) is 0. The predicted molar refractivity (Wildman–Crippen MR) is 73.8 cm³/mol. The van der Waals surface area contributed by atoms with Crippen molar-refractivity contribution in [1.29, 1.82) is 0 Å². The van der Waals surface area contributed by atoms with Gasteiger partial charge in [0.1, 0.15) is 11.1 Å². The highest BCUT2D eigenvalue weighted by Crippen LogP contribution is 2.31. The molecule has 0 amide bonds. The molecule has 1 aliphatic carbocycles. The van der Waals surface area contributed by atoms with E-state index in [1.54, 1.807) is 6.20 Å². The Labute approximate surface area is 114 Å². The molecule has 2 rings (SSSR count). The number of hydrogen-bond donors (Lipinski definition) is 1. The molecule has 4 heteroatoms. The summed E-state index contributed by atoms with van der Waals surface area (Å²) in [6.45, 7) is 2.70. The molecule has 0 bridgehead atoms. The summed E-state index contributed by atoms with van der Waals surface area (Å²) in [5.74, 6) is 1.33. The molecule has 1 fully saturated rings. The van der Waals surface area contributed by atoms with E-state index in [0.717, 1.165) is 24.3 Å². The van der Waals surface area contributed by atoms with E-state index in [1.165, 1.54) is 19.3 Å². The van der Waals surface area contributed by atoms with Gasteiger partial charge in [-0.25, -0.2) is 4.98 Å². The maximum absolute atomic E-state index is 6.15. The summed E-state index contributed by atoms with van der Waals surface area (Å²) in [5, 5.41) is 0.566. The molecule has 18 heavy (non-hydrogen) atoms. The Kier molecular flexibility index (Phi) is 4.84. The monoisotopic (exact) mass is 268 g/mol. The van der Waals surface area contributed by atoms with Crippen LogP contribution in [-0.2, 0) is 6.54 Å². The highest BCUT2D eigenvalue weighted by Gasteiger charge is 2.23. The van der Waals surface area contributed by atoms with Crippen LogP contribution < -0.4 is 10.5 Å². The number of halogens is 1. The Morgan fingerprint density at radius 3 is 3.00 bits per heavy atom. The summed E-state index contributed by atoms with van der Waals surface area (Å²) < 4.78 is 5.93. The minimum Gasteiger partial charge on any atom is -0.473 e. The molecule has 1 aromatic heterocycles. The van der Waals surface area contributed by atoms with Crippen LogP contribution in [0.3, 0.4) is 0 Å². The van der Waals surface area contributed by atoms with E-state index in [2.05, 4.69) is 11.9 Å². The molecule has 0 radical (unpaired) electrons. The lowest BCUT2D eigenvalue weighted by atomic mass is 9.85. The van der Waals surface area contributed by atoms with Gasteiger partial charge in [-0.1, -0.05) is 31.4 Å². The van der Waals surface area contributed by atoms with Crippen molar-refractivity contribution in [3.8, 4) is 5.88 Å². The van der Waals surface area contributed by atoms with Gasteiger partial charge in [0, 0.05) is 12.7 Å². The first-order valence-corrected chi connectivity index (χ1v) is 7.11. The second kappa shape index (κ2) is 6.39. The molecule has 2 N–H and O–H groups in total. The molecule has 1 aromatic rings. The van der Waals surface area contributed by atoms with E-state index >= 15 is 0 Å². The van der Waals surface area contributed by atoms with Crippen LogP contribution >= 0.6 is 11.6 Å². The van der Waals surface area contributed by atoms with Crippen LogP contribution in [0.25, 0.3) is 0 Å². The molecule has 1 saturated carbocycles. The average Bonchev–Trinajstić information content (AvgIpc) is 2.41. The third-order valence-electron chi connectivity index (χ3n) is 3.69. The first kappa shape index (κ1) is 13.6. The number of nitrogens with zero attached hydrogens (tertiary/aromatic N) is 1. The fraction of sp³-hybridized carbons (Fsp3) is 0.643. The van der Waals surface area contributed by atoms with Crippen LogP contribution in [0.15, 0.2) is 12.3 Å². The minimum atomic E-state index is 0.262. The second-order valence-electron chi connectivity index (χ2n) is 5.02. The van der Waals surface area contributed by atoms with Gasteiger partial charge in [0.25, 0.3) is 0 Å². The maximum Gasteiger partial charge on any atom is 0.232 e. The van der Waals surface area contributed by atoms with Crippen LogP contribution in [0, 0.1) is 5.92 Å². The van der Waals surface area contributed by atoms with Crippen molar-refractivity contribution in [2.24, 2.45) is 11.7 Å². The third kappa shape index (κ3) is 3.36. The first-order chi connectivity index (χ1) is 8.72. The van der Waals surface area contributed by atoms with Gasteiger partial charge < -0.3 is 10.5 Å². The number of hydrogen-bond acceptors (Lipinski definition) is 3. The van der Waals surface area contributed by atoms with E-state index < -0.39 is 0 Å².